The fourth-order valence-corrected chi connectivity index (χ4v) is 2.92. The van der Waals surface area contributed by atoms with E-state index < -0.39 is 10.0 Å². The summed E-state index contributed by atoms with van der Waals surface area (Å²) in [6.45, 7) is 7.50. The molecule has 1 fully saturated rings. The minimum Gasteiger partial charge on any atom is -0.370 e. The molecular formula is C11H24N4O2S. The molecule has 3 N–H and O–H groups in total. The van der Waals surface area contributed by atoms with Gasteiger partial charge in [-0.1, -0.05) is 6.92 Å². The number of nitrogens with zero attached hydrogens (tertiary/aromatic N) is 2. The van der Waals surface area contributed by atoms with Gasteiger partial charge >= 0.3 is 0 Å². The Balaban J connectivity index is 2.30. The molecule has 1 heterocycles. The van der Waals surface area contributed by atoms with Crippen LogP contribution in [0.25, 0.3) is 0 Å². The predicted octanol–water partition coefficient (Wildman–Crippen LogP) is -0.0293. The van der Waals surface area contributed by atoms with Crippen molar-refractivity contribution < 1.29 is 8.42 Å². The van der Waals surface area contributed by atoms with Gasteiger partial charge in [0.05, 0.1) is 5.75 Å². The van der Waals surface area contributed by atoms with Gasteiger partial charge in [-0.2, -0.15) is 0 Å². The molecule has 1 rings (SSSR count). The van der Waals surface area contributed by atoms with Gasteiger partial charge in [0, 0.05) is 31.6 Å². The summed E-state index contributed by atoms with van der Waals surface area (Å²) in [5.41, 5.74) is 5.73. The van der Waals surface area contributed by atoms with Crippen molar-refractivity contribution >= 4 is 16.0 Å². The molecule has 0 aromatic rings. The first-order valence-corrected chi connectivity index (χ1v) is 8.04. The first-order valence-electron chi connectivity index (χ1n) is 6.43. The molecule has 6 nitrogen and oxygen atoms in total. The van der Waals surface area contributed by atoms with Gasteiger partial charge in [0.25, 0.3) is 0 Å². The maximum Gasteiger partial charge on any atom is 0.213 e. The lowest BCUT2D eigenvalue weighted by atomic mass is 10.0. The minimum absolute atomic E-state index is 0.167. The molecule has 0 aromatic carbocycles. The molecule has 0 amide bonds. The molecule has 0 spiro atoms. The van der Waals surface area contributed by atoms with E-state index in [0.29, 0.717) is 37.6 Å². The van der Waals surface area contributed by atoms with Crippen molar-refractivity contribution in [3.63, 3.8) is 0 Å². The number of nitrogens with two attached hydrogens (primary N) is 1. The molecule has 0 aromatic heterocycles. The van der Waals surface area contributed by atoms with E-state index in [1.54, 1.807) is 6.92 Å². The fourth-order valence-electron chi connectivity index (χ4n) is 1.68. The van der Waals surface area contributed by atoms with Gasteiger partial charge in [-0.3, -0.25) is 4.99 Å². The third-order valence-corrected chi connectivity index (χ3v) is 5.02. The van der Waals surface area contributed by atoms with E-state index in [0.717, 1.165) is 6.42 Å². The summed E-state index contributed by atoms with van der Waals surface area (Å²) in [6.07, 6.45) is 0.988. The van der Waals surface area contributed by atoms with Gasteiger partial charge in [-0.25, -0.2) is 12.7 Å². The Morgan fingerprint density at radius 3 is 2.61 bits per heavy atom. The Kier molecular flexibility index (Phi) is 5.40. The van der Waals surface area contributed by atoms with Crippen LogP contribution in [0.4, 0.5) is 0 Å². The highest BCUT2D eigenvalue weighted by atomic mass is 32.2. The van der Waals surface area contributed by atoms with Gasteiger partial charge < -0.3 is 11.1 Å². The number of nitrogens with one attached hydrogen (secondary N) is 1. The topological polar surface area (TPSA) is 87.8 Å². The molecule has 106 valence electrons. The normalized spacial score (nSPS) is 20.5. The second-order valence-corrected chi connectivity index (χ2v) is 7.02. The van der Waals surface area contributed by atoms with Crippen LogP contribution >= 0.6 is 0 Å². The maximum atomic E-state index is 11.5. The standard InChI is InChI=1S/C11H24N4O2S/c1-4-9(3)14-11(12)13-6-10-7-15(8-10)18(16,17)5-2/h9-10H,4-8H2,1-3H3,(H3,12,13,14). The summed E-state index contributed by atoms with van der Waals surface area (Å²) in [4.78, 5) is 4.24. The summed E-state index contributed by atoms with van der Waals surface area (Å²) in [5, 5.41) is 3.08. The number of hydrogen-bond donors (Lipinski definition) is 2. The van der Waals surface area contributed by atoms with Crippen LogP contribution in [0.3, 0.4) is 0 Å². The summed E-state index contributed by atoms with van der Waals surface area (Å²) in [5.74, 6) is 0.908. The smallest absolute Gasteiger partial charge is 0.213 e. The van der Waals surface area contributed by atoms with Crippen LogP contribution in [0.15, 0.2) is 4.99 Å². The third-order valence-electron chi connectivity index (χ3n) is 3.21. The zero-order chi connectivity index (χ0) is 13.8. The summed E-state index contributed by atoms with van der Waals surface area (Å²) >= 11 is 0. The zero-order valence-electron chi connectivity index (χ0n) is 11.4. The summed E-state index contributed by atoms with van der Waals surface area (Å²) in [6, 6.07) is 0.312. The SMILES string of the molecule is CCC(C)NC(N)=NCC1CN(S(=O)(=O)CC)C1. The predicted molar refractivity (Wildman–Crippen MR) is 73.9 cm³/mol. The highest BCUT2D eigenvalue weighted by Crippen LogP contribution is 2.19. The average Bonchev–Trinajstić information content (AvgIpc) is 2.26. The number of sulfonamides is 1. The Morgan fingerprint density at radius 1 is 1.50 bits per heavy atom. The van der Waals surface area contributed by atoms with Gasteiger partial charge in [0.1, 0.15) is 0 Å². The number of hydrogen-bond acceptors (Lipinski definition) is 3. The van der Waals surface area contributed by atoms with Crippen molar-refractivity contribution in [3.8, 4) is 0 Å². The number of rotatable bonds is 6. The van der Waals surface area contributed by atoms with E-state index in [9.17, 15) is 8.42 Å². The van der Waals surface area contributed by atoms with E-state index in [1.165, 1.54) is 4.31 Å². The van der Waals surface area contributed by atoms with Crippen molar-refractivity contribution in [1.29, 1.82) is 0 Å². The molecule has 1 unspecified atom stereocenters. The Hall–Kier alpha value is -0.820. The van der Waals surface area contributed by atoms with E-state index in [4.69, 9.17) is 5.73 Å². The maximum absolute atomic E-state index is 11.5. The van der Waals surface area contributed by atoms with Crippen LogP contribution in [0.5, 0.6) is 0 Å². The van der Waals surface area contributed by atoms with Crippen molar-refractivity contribution in [1.82, 2.24) is 9.62 Å². The van der Waals surface area contributed by atoms with Crippen LogP contribution in [-0.4, -0.2) is 50.1 Å². The van der Waals surface area contributed by atoms with Gasteiger partial charge in [0.2, 0.25) is 10.0 Å². The molecule has 18 heavy (non-hydrogen) atoms. The van der Waals surface area contributed by atoms with E-state index in [1.807, 2.05) is 6.92 Å². The second-order valence-electron chi connectivity index (χ2n) is 4.76. The largest absolute Gasteiger partial charge is 0.370 e. The molecule has 0 saturated carbocycles. The minimum atomic E-state index is -3.02. The highest BCUT2D eigenvalue weighted by molar-refractivity contribution is 7.89. The zero-order valence-corrected chi connectivity index (χ0v) is 12.2. The molecule has 1 aliphatic rings. The van der Waals surface area contributed by atoms with Crippen molar-refractivity contribution in [2.24, 2.45) is 16.6 Å². The molecule has 0 aliphatic carbocycles. The Morgan fingerprint density at radius 2 is 2.11 bits per heavy atom. The van der Waals surface area contributed by atoms with Crippen LogP contribution in [0, 0.1) is 5.92 Å². The third kappa shape index (κ3) is 4.13. The summed E-state index contributed by atoms with van der Waals surface area (Å²) in [7, 11) is -3.02. The summed E-state index contributed by atoms with van der Waals surface area (Å²) < 4.78 is 24.5. The number of guanidine groups is 1. The molecular weight excluding hydrogens is 252 g/mol. The van der Waals surface area contributed by atoms with Crippen molar-refractivity contribution in [2.45, 2.75) is 33.2 Å². The van der Waals surface area contributed by atoms with Gasteiger partial charge in [-0.05, 0) is 20.3 Å². The van der Waals surface area contributed by atoms with E-state index >= 15 is 0 Å². The average molecular weight is 276 g/mol. The fraction of sp³-hybridized carbons (Fsp3) is 0.909. The molecule has 7 heteroatoms. The Labute approximate surface area is 110 Å². The van der Waals surface area contributed by atoms with E-state index in [2.05, 4.69) is 17.2 Å². The van der Waals surface area contributed by atoms with Crippen LogP contribution in [0.2, 0.25) is 0 Å². The highest BCUT2D eigenvalue weighted by Gasteiger charge is 2.34. The first-order chi connectivity index (χ1) is 8.39. The first kappa shape index (κ1) is 15.2. The molecule has 0 bridgehead atoms. The monoisotopic (exact) mass is 276 g/mol. The number of aliphatic imine (C=N–C) groups is 1. The van der Waals surface area contributed by atoms with E-state index in [-0.39, 0.29) is 5.75 Å². The second kappa shape index (κ2) is 6.38. The lowest BCUT2D eigenvalue weighted by Crippen LogP contribution is -2.51. The lowest BCUT2D eigenvalue weighted by molar-refractivity contribution is 0.208. The Bertz CT molecular complexity index is 388. The molecule has 1 aliphatic heterocycles. The lowest BCUT2D eigenvalue weighted by Gasteiger charge is -2.37. The molecule has 0 radical (unpaired) electrons. The van der Waals surface area contributed by atoms with Gasteiger partial charge in [0.15, 0.2) is 5.96 Å². The van der Waals surface area contributed by atoms with Crippen LogP contribution in [0.1, 0.15) is 27.2 Å². The molecule has 1 saturated heterocycles. The van der Waals surface area contributed by atoms with Crippen molar-refractivity contribution in [3.05, 3.63) is 0 Å². The molecule has 1 atom stereocenters. The van der Waals surface area contributed by atoms with Gasteiger partial charge in [-0.15, -0.1) is 0 Å². The quantitative estimate of drug-likeness (QED) is 0.527. The van der Waals surface area contributed by atoms with Crippen LogP contribution in [-0.2, 0) is 10.0 Å². The van der Waals surface area contributed by atoms with Crippen molar-refractivity contribution in [2.75, 3.05) is 25.4 Å². The van der Waals surface area contributed by atoms with Crippen LogP contribution < -0.4 is 11.1 Å².